The van der Waals surface area contributed by atoms with Gasteiger partial charge in [0, 0.05) is 17.5 Å². The molecule has 176 valence electrons. The van der Waals surface area contributed by atoms with Gasteiger partial charge in [-0.25, -0.2) is 4.79 Å². The van der Waals surface area contributed by atoms with Gasteiger partial charge in [0.05, 0.1) is 5.71 Å². The Morgan fingerprint density at radius 2 is 1.23 bits per heavy atom. The van der Waals surface area contributed by atoms with Gasteiger partial charge in [0.25, 0.3) is 0 Å². The Morgan fingerprint density at radius 1 is 0.743 bits per heavy atom. The molecule has 0 saturated heterocycles. The topological polar surface area (TPSA) is 38.7 Å². The van der Waals surface area contributed by atoms with E-state index in [9.17, 15) is 4.79 Å². The summed E-state index contributed by atoms with van der Waals surface area (Å²) in [6, 6.07) is 37.3. The highest BCUT2D eigenvalue weighted by Gasteiger charge is 2.30. The standard InChI is InChI=1S/C32H31NO2/c1-24-19-21-25(22-20-24)23-29(31(34)35-32(2,3)28-17-11-6-12-18-28)33-30(26-13-7-4-8-14-26)27-15-9-5-10-16-27/h4-22,29H,23H2,1-3H3/t29-/m1/s1. The summed E-state index contributed by atoms with van der Waals surface area (Å²) in [7, 11) is 0. The third-order valence-corrected chi connectivity index (χ3v) is 6.03. The molecule has 0 fully saturated rings. The van der Waals surface area contributed by atoms with Crippen molar-refractivity contribution in [2.45, 2.75) is 38.8 Å². The summed E-state index contributed by atoms with van der Waals surface area (Å²) in [6.07, 6.45) is 0.452. The van der Waals surface area contributed by atoms with E-state index in [0.717, 1.165) is 28.0 Å². The van der Waals surface area contributed by atoms with Crippen LogP contribution < -0.4 is 0 Å². The summed E-state index contributed by atoms with van der Waals surface area (Å²) in [4.78, 5) is 18.7. The van der Waals surface area contributed by atoms with Crippen LogP contribution in [0, 0.1) is 6.92 Å². The van der Waals surface area contributed by atoms with Crippen LogP contribution in [0.3, 0.4) is 0 Å². The Bertz CT molecular complexity index is 1220. The van der Waals surface area contributed by atoms with Crippen LogP contribution in [0.25, 0.3) is 0 Å². The fourth-order valence-electron chi connectivity index (χ4n) is 4.01. The predicted molar refractivity (Wildman–Crippen MR) is 143 cm³/mol. The Labute approximate surface area is 208 Å². The van der Waals surface area contributed by atoms with Gasteiger partial charge in [0.1, 0.15) is 5.60 Å². The van der Waals surface area contributed by atoms with E-state index in [1.807, 2.05) is 105 Å². The smallest absolute Gasteiger partial charge is 0.332 e. The summed E-state index contributed by atoms with van der Waals surface area (Å²) in [6.45, 7) is 5.89. The van der Waals surface area contributed by atoms with Gasteiger partial charge in [0.15, 0.2) is 6.04 Å². The van der Waals surface area contributed by atoms with Gasteiger partial charge < -0.3 is 4.74 Å². The summed E-state index contributed by atoms with van der Waals surface area (Å²) >= 11 is 0. The van der Waals surface area contributed by atoms with Crippen molar-refractivity contribution in [1.29, 1.82) is 0 Å². The number of ether oxygens (including phenoxy) is 1. The number of esters is 1. The number of aliphatic imine (C=N–C) groups is 1. The second kappa shape index (κ2) is 11.0. The molecule has 0 amide bonds. The lowest BCUT2D eigenvalue weighted by Gasteiger charge is -2.27. The van der Waals surface area contributed by atoms with Crippen molar-refractivity contribution in [2.24, 2.45) is 4.99 Å². The number of hydrogen-bond donors (Lipinski definition) is 0. The van der Waals surface area contributed by atoms with E-state index in [-0.39, 0.29) is 5.97 Å². The summed E-state index contributed by atoms with van der Waals surface area (Å²) in [5, 5.41) is 0. The van der Waals surface area contributed by atoms with Gasteiger partial charge in [-0.2, -0.15) is 0 Å². The van der Waals surface area contributed by atoms with Gasteiger partial charge >= 0.3 is 5.97 Å². The van der Waals surface area contributed by atoms with Crippen LogP contribution in [0.15, 0.2) is 120 Å². The molecule has 0 saturated carbocycles. The van der Waals surface area contributed by atoms with E-state index in [1.165, 1.54) is 5.56 Å². The lowest BCUT2D eigenvalue weighted by Crippen LogP contribution is -2.33. The highest BCUT2D eigenvalue weighted by molar-refractivity contribution is 6.13. The van der Waals surface area contributed by atoms with Crippen molar-refractivity contribution in [1.82, 2.24) is 0 Å². The van der Waals surface area contributed by atoms with E-state index >= 15 is 0 Å². The van der Waals surface area contributed by atoms with Crippen molar-refractivity contribution in [2.75, 3.05) is 0 Å². The van der Waals surface area contributed by atoms with Crippen LogP contribution in [0.1, 0.15) is 41.7 Å². The first-order valence-electron chi connectivity index (χ1n) is 11.9. The van der Waals surface area contributed by atoms with E-state index in [0.29, 0.717) is 6.42 Å². The summed E-state index contributed by atoms with van der Waals surface area (Å²) in [5.41, 5.74) is 5.08. The summed E-state index contributed by atoms with van der Waals surface area (Å²) in [5.74, 6) is -0.344. The molecule has 0 aliphatic heterocycles. The highest BCUT2D eigenvalue weighted by Crippen LogP contribution is 2.26. The van der Waals surface area contributed by atoms with Crippen LogP contribution in [-0.2, 0) is 21.6 Å². The third kappa shape index (κ3) is 6.33. The van der Waals surface area contributed by atoms with Gasteiger partial charge in [-0.05, 0) is 31.9 Å². The molecule has 0 bridgehead atoms. The SMILES string of the molecule is Cc1ccc(C[C@@H](N=C(c2ccccc2)c2ccccc2)C(=O)OC(C)(C)c2ccccc2)cc1. The summed E-state index contributed by atoms with van der Waals surface area (Å²) < 4.78 is 6.11. The van der Waals surface area contributed by atoms with Crippen LogP contribution in [0.5, 0.6) is 0 Å². The Balaban J connectivity index is 1.74. The molecule has 0 aliphatic carbocycles. The third-order valence-electron chi connectivity index (χ3n) is 6.03. The first kappa shape index (κ1) is 24.2. The maximum absolute atomic E-state index is 13.7. The molecule has 0 heterocycles. The van der Waals surface area contributed by atoms with E-state index in [4.69, 9.17) is 9.73 Å². The monoisotopic (exact) mass is 461 g/mol. The zero-order valence-electron chi connectivity index (χ0n) is 20.5. The molecule has 3 heteroatoms. The van der Waals surface area contributed by atoms with Crippen molar-refractivity contribution < 1.29 is 9.53 Å². The van der Waals surface area contributed by atoms with Crippen LogP contribution >= 0.6 is 0 Å². The molecule has 0 aromatic heterocycles. The van der Waals surface area contributed by atoms with Crippen LogP contribution in [0.4, 0.5) is 0 Å². The quantitative estimate of drug-likeness (QED) is 0.211. The normalized spacial score (nSPS) is 12.0. The molecule has 0 unspecified atom stereocenters. The minimum atomic E-state index is -0.779. The Kier molecular flexibility index (Phi) is 7.57. The number of aryl methyl sites for hydroxylation is 1. The fourth-order valence-corrected chi connectivity index (χ4v) is 4.01. The predicted octanol–water partition coefficient (Wildman–Crippen LogP) is 6.92. The first-order chi connectivity index (χ1) is 16.9. The molecule has 1 atom stereocenters. The average Bonchev–Trinajstić information content (AvgIpc) is 2.89. The largest absolute Gasteiger partial charge is 0.453 e. The fraction of sp³-hybridized carbons (Fsp3) is 0.188. The van der Waals surface area contributed by atoms with Crippen molar-refractivity contribution in [3.05, 3.63) is 143 Å². The molecule has 4 aromatic rings. The lowest BCUT2D eigenvalue weighted by atomic mass is 9.97. The van der Waals surface area contributed by atoms with Crippen molar-refractivity contribution >= 4 is 11.7 Å². The minimum Gasteiger partial charge on any atom is -0.453 e. The Morgan fingerprint density at radius 3 is 1.74 bits per heavy atom. The molecule has 35 heavy (non-hydrogen) atoms. The second-order valence-corrected chi connectivity index (χ2v) is 9.21. The van der Waals surface area contributed by atoms with Crippen LogP contribution in [0.2, 0.25) is 0 Å². The lowest BCUT2D eigenvalue weighted by molar-refractivity contribution is -0.159. The van der Waals surface area contributed by atoms with E-state index in [2.05, 4.69) is 31.2 Å². The molecule has 4 rings (SSSR count). The Hall–Kier alpha value is -3.98. The van der Waals surface area contributed by atoms with Gasteiger partial charge in [-0.3, -0.25) is 4.99 Å². The number of hydrogen-bond acceptors (Lipinski definition) is 3. The molecular weight excluding hydrogens is 430 g/mol. The van der Waals surface area contributed by atoms with E-state index < -0.39 is 11.6 Å². The van der Waals surface area contributed by atoms with Gasteiger partial charge in [-0.1, -0.05) is 121 Å². The minimum absolute atomic E-state index is 0.344. The maximum atomic E-state index is 13.7. The number of nitrogens with zero attached hydrogens (tertiary/aromatic N) is 1. The second-order valence-electron chi connectivity index (χ2n) is 9.21. The van der Waals surface area contributed by atoms with Gasteiger partial charge in [0.2, 0.25) is 0 Å². The molecule has 0 aliphatic rings. The molecule has 0 radical (unpaired) electrons. The number of rotatable bonds is 8. The molecule has 0 N–H and O–H groups in total. The molecular formula is C32H31NO2. The number of carbonyl (C=O) groups is 1. The number of benzene rings is 4. The first-order valence-corrected chi connectivity index (χ1v) is 11.9. The van der Waals surface area contributed by atoms with Gasteiger partial charge in [-0.15, -0.1) is 0 Å². The number of carbonyl (C=O) groups excluding carboxylic acids is 1. The zero-order valence-corrected chi connectivity index (χ0v) is 20.5. The highest BCUT2D eigenvalue weighted by atomic mass is 16.6. The van der Waals surface area contributed by atoms with E-state index in [1.54, 1.807) is 0 Å². The van der Waals surface area contributed by atoms with Crippen molar-refractivity contribution in [3.8, 4) is 0 Å². The van der Waals surface area contributed by atoms with Crippen molar-refractivity contribution in [3.63, 3.8) is 0 Å². The zero-order chi connectivity index (χ0) is 24.7. The average molecular weight is 462 g/mol. The van der Waals surface area contributed by atoms with Crippen LogP contribution in [-0.4, -0.2) is 17.7 Å². The molecule has 0 spiro atoms. The molecule has 3 nitrogen and oxygen atoms in total. The maximum Gasteiger partial charge on any atom is 0.332 e. The molecule has 4 aromatic carbocycles.